The van der Waals surface area contributed by atoms with Gasteiger partial charge in [0.1, 0.15) is 0 Å². The molecule has 0 bridgehead atoms. The molecule has 10 heavy (non-hydrogen) atoms. The Balaban J connectivity index is 0.000000810. The van der Waals surface area contributed by atoms with E-state index in [1.54, 1.807) is 20.3 Å². The van der Waals surface area contributed by atoms with E-state index in [2.05, 4.69) is 10.3 Å². The second-order valence-corrected chi connectivity index (χ2v) is 1.75. The van der Waals surface area contributed by atoms with Gasteiger partial charge in [-0.1, -0.05) is 17.8 Å². The maximum Gasteiger partial charge on any atom is 0.0162 e. The Kier molecular flexibility index (Phi) is 3.43. The number of aromatic nitrogens is 3. The molecule has 5 heteroatoms. The number of carbonyl (C=O) groups excluding carboxylic acids is 1. The van der Waals surface area contributed by atoms with Gasteiger partial charge in [0.2, 0.25) is 0 Å². The molecule has 54 valence electrons. The summed E-state index contributed by atoms with van der Waals surface area (Å²) in [5.74, 6) is 0. The fraction of sp³-hybridized carbons (Fsp3) is 0.400. The summed E-state index contributed by atoms with van der Waals surface area (Å²) in [6.07, 6.45) is 1.67. The molecule has 0 saturated carbocycles. The summed E-state index contributed by atoms with van der Waals surface area (Å²) in [6.45, 7) is 1.76. The van der Waals surface area contributed by atoms with Crippen molar-refractivity contribution < 1.29 is 25.9 Å². The van der Waals surface area contributed by atoms with E-state index in [-0.39, 0.29) is 26.8 Å². The Labute approximate surface area is 72.9 Å². The summed E-state index contributed by atoms with van der Waals surface area (Å²) in [5, 5.41) is 7.11. The van der Waals surface area contributed by atoms with Gasteiger partial charge in [-0.2, -0.15) is 5.10 Å². The molecule has 0 saturated heterocycles. The van der Waals surface area contributed by atoms with Crippen LogP contribution >= 0.6 is 0 Å². The average Bonchev–Trinajstić information content (AvgIpc) is 2.15. The molecule has 4 nitrogen and oxygen atoms in total. The van der Waals surface area contributed by atoms with Crippen LogP contribution in [0.25, 0.3) is 0 Å². The Morgan fingerprint density at radius 1 is 1.60 bits per heavy atom. The summed E-state index contributed by atoms with van der Waals surface area (Å²) in [6, 6.07) is 0. The molecule has 0 aliphatic carbocycles. The van der Waals surface area contributed by atoms with Crippen molar-refractivity contribution in [3.8, 4) is 0 Å². The molecule has 1 aromatic heterocycles. The van der Waals surface area contributed by atoms with Crippen LogP contribution in [0.5, 0.6) is 0 Å². The minimum absolute atomic E-state index is 0. The van der Waals surface area contributed by atoms with E-state index in [9.17, 15) is 4.79 Å². The van der Waals surface area contributed by atoms with E-state index in [1.165, 1.54) is 4.68 Å². The van der Waals surface area contributed by atoms with Crippen LogP contribution in [0, 0.1) is 6.92 Å². The van der Waals surface area contributed by atoms with Crippen molar-refractivity contribution in [1.82, 2.24) is 15.0 Å². The van der Waals surface area contributed by atoms with E-state index in [4.69, 9.17) is 0 Å². The van der Waals surface area contributed by atoms with E-state index >= 15 is 0 Å². The minimum atomic E-state index is 0. The van der Waals surface area contributed by atoms with Gasteiger partial charge in [0.05, 0.1) is 0 Å². The van der Waals surface area contributed by atoms with Crippen molar-refractivity contribution in [3.63, 3.8) is 0 Å². The fourth-order valence-corrected chi connectivity index (χ4v) is 0.499. The van der Waals surface area contributed by atoms with Crippen LogP contribution in [0.1, 0.15) is 11.4 Å². The SMILES string of the molecule is Cc1c([C-]=O)nnn1C.[W]. The van der Waals surface area contributed by atoms with E-state index in [0.717, 1.165) is 5.69 Å². The van der Waals surface area contributed by atoms with Crippen molar-refractivity contribution in [2.45, 2.75) is 6.92 Å². The maximum atomic E-state index is 10.00. The van der Waals surface area contributed by atoms with Gasteiger partial charge in [-0.05, 0) is 5.69 Å². The van der Waals surface area contributed by atoms with E-state index < -0.39 is 0 Å². The first-order chi connectivity index (χ1) is 4.25. The number of aryl methyl sites for hydroxylation is 1. The maximum absolute atomic E-state index is 10.00. The molecule has 0 aliphatic heterocycles. The molecule has 1 aromatic rings. The summed E-state index contributed by atoms with van der Waals surface area (Å²) < 4.78 is 1.53. The van der Waals surface area contributed by atoms with Crippen molar-refractivity contribution in [1.29, 1.82) is 0 Å². The smallest absolute Gasteiger partial charge is 0.0162 e. The summed E-state index contributed by atoms with van der Waals surface area (Å²) in [5.41, 5.74) is 1.03. The van der Waals surface area contributed by atoms with Gasteiger partial charge in [-0.15, -0.1) is 0 Å². The van der Waals surface area contributed by atoms with Crippen molar-refractivity contribution in [3.05, 3.63) is 11.4 Å². The standard InChI is InChI=1S/C5H6N3O.W/c1-4-5(3-9)6-7-8(4)2;/h1-2H3;/q-1;. The largest absolute Gasteiger partial charge is 0.417 e. The zero-order valence-electron chi connectivity index (χ0n) is 5.66. The topological polar surface area (TPSA) is 47.8 Å². The zero-order valence-corrected chi connectivity index (χ0v) is 8.59. The monoisotopic (exact) mass is 308 g/mol. The number of hydrogen-bond acceptors (Lipinski definition) is 3. The molecule has 0 unspecified atom stereocenters. The van der Waals surface area contributed by atoms with Gasteiger partial charge >= 0.3 is 0 Å². The quantitative estimate of drug-likeness (QED) is 0.662. The number of hydrogen-bond donors (Lipinski definition) is 0. The van der Waals surface area contributed by atoms with Crippen molar-refractivity contribution in [2.75, 3.05) is 0 Å². The van der Waals surface area contributed by atoms with Crippen molar-refractivity contribution in [2.24, 2.45) is 7.05 Å². The predicted octanol–water partition coefficient (Wildman–Crippen LogP) is -0.421. The first-order valence-corrected chi connectivity index (χ1v) is 2.50. The summed E-state index contributed by atoms with van der Waals surface area (Å²) in [4.78, 5) is 10.00. The third kappa shape index (κ3) is 1.51. The molecule has 1 heterocycles. The van der Waals surface area contributed by atoms with Gasteiger partial charge in [0, 0.05) is 34.4 Å². The molecule has 0 N–H and O–H groups in total. The van der Waals surface area contributed by atoms with Crippen LogP contribution in [0.15, 0.2) is 0 Å². The Hall–Kier alpha value is -0.502. The molecule has 0 spiro atoms. The normalized spacial score (nSPS) is 8.60. The third-order valence-electron chi connectivity index (χ3n) is 1.20. The molecule has 0 amide bonds. The molecular weight excluding hydrogens is 302 g/mol. The van der Waals surface area contributed by atoms with Crippen LogP contribution in [-0.4, -0.2) is 21.3 Å². The molecule has 1 rings (SSSR count). The van der Waals surface area contributed by atoms with E-state index in [1.807, 2.05) is 0 Å². The zero-order chi connectivity index (χ0) is 6.85. The van der Waals surface area contributed by atoms with Gasteiger partial charge in [-0.3, -0.25) is 0 Å². The summed E-state index contributed by atoms with van der Waals surface area (Å²) >= 11 is 0. The van der Waals surface area contributed by atoms with Gasteiger partial charge in [-0.25, -0.2) is 0 Å². The second-order valence-electron chi connectivity index (χ2n) is 1.75. The second kappa shape index (κ2) is 3.61. The van der Waals surface area contributed by atoms with Crippen LogP contribution in [-0.2, 0) is 32.9 Å². The van der Waals surface area contributed by atoms with Crippen molar-refractivity contribution >= 4 is 6.29 Å². The first-order valence-electron chi connectivity index (χ1n) is 2.50. The summed E-state index contributed by atoms with van der Waals surface area (Å²) in [7, 11) is 1.73. The van der Waals surface area contributed by atoms with Crippen LogP contribution in [0.2, 0.25) is 0 Å². The molecule has 0 aromatic carbocycles. The fourth-order valence-electron chi connectivity index (χ4n) is 0.499. The third-order valence-corrected chi connectivity index (χ3v) is 1.20. The molecule has 0 atom stereocenters. The van der Waals surface area contributed by atoms with Crippen LogP contribution < -0.4 is 0 Å². The van der Waals surface area contributed by atoms with Crippen LogP contribution in [0.3, 0.4) is 0 Å². The van der Waals surface area contributed by atoms with E-state index in [0.29, 0.717) is 0 Å². The Morgan fingerprint density at radius 3 is 2.40 bits per heavy atom. The van der Waals surface area contributed by atoms with Gasteiger partial charge < -0.3 is 9.48 Å². The van der Waals surface area contributed by atoms with Gasteiger partial charge in [0.25, 0.3) is 0 Å². The predicted molar refractivity (Wildman–Crippen MR) is 30.5 cm³/mol. The Morgan fingerprint density at radius 2 is 2.20 bits per heavy atom. The number of rotatable bonds is 1. The molecular formula is C5H6N3OW-. The Bertz CT molecular complexity index is 233. The first kappa shape index (κ1) is 9.50. The van der Waals surface area contributed by atoms with Crippen LogP contribution in [0.4, 0.5) is 0 Å². The van der Waals surface area contributed by atoms with Gasteiger partial charge in [0.15, 0.2) is 0 Å². The molecule has 0 radical (unpaired) electrons. The minimum Gasteiger partial charge on any atom is -0.417 e. The average molecular weight is 308 g/mol. The molecule has 0 fully saturated rings. The molecule has 0 aliphatic rings. The number of nitrogens with zero attached hydrogens (tertiary/aromatic N) is 3.